The van der Waals surface area contributed by atoms with Crippen molar-refractivity contribution in [2.45, 2.75) is 70.6 Å². The van der Waals surface area contributed by atoms with Gasteiger partial charge >= 0.3 is 0 Å². The van der Waals surface area contributed by atoms with Crippen LogP contribution < -0.4 is 10.2 Å². The van der Waals surface area contributed by atoms with E-state index in [9.17, 15) is 4.79 Å². The van der Waals surface area contributed by atoms with Crippen LogP contribution in [-0.4, -0.2) is 44.7 Å². The summed E-state index contributed by atoms with van der Waals surface area (Å²) in [7, 11) is 0. The van der Waals surface area contributed by atoms with Crippen molar-refractivity contribution in [1.29, 1.82) is 0 Å². The molecule has 1 N–H and O–H groups in total. The maximum absolute atomic E-state index is 12.1. The second-order valence-electron chi connectivity index (χ2n) is 9.32. The average Bonchev–Trinajstić information content (AvgIpc) is 3.34. The normalized spacial score (nSPS) is 34.1. The minimum absolute atomic E-state index is 0.0583. The summed E-state index contributed by atoms with van der Waals surface area (Å²) >= 11 is 0. The van der Waals surface area contributed by atoms with Gasteiger partial charge in [-0.05, 0) is 37.8 Å². The van der Waals surface area contributed by atoms with E-state index in [1.807, 2.05) is 11.4 Å². The van der Waals surface area contributed by atoms with Crippen LogP contribution in [0.4, 0.5) is 5.69 Å². The topological polar surface area (TPSA) is 71.8 Å². The first-order valence-corrected chi connectivity index (χ1v) is 10.4. The van der Waals surface area contributed by atoms with Crippen molar-refractivity contribution in [1.82, 2.24) is 19.9 Å². The van der Waals surface area contributed by atoms with Gasteiger partial charge in [0.1, 0.15) is 6.10 Å². The number of hydrogen-bond donors (Lipinski definition) is 1. The molecule has 5 heterocycles. The molecule has 0 radical (unpaired) electrons. The molecule has 4 aliphatic rings. The molecule has 0 aromatic carbocycles. The maximum atomic E-state index is 12.1. The van der Waals surface area contributed by atoms with E-state index in [2.05, 4.69) is 43.3 Å². The Balaban J connectivity index is 1.49. The van der Waals surface area contributed by atoms with Gasteiger partial charge in [0.2, 0.25) is 5.91 Å². The number of aromatic nitrogens is 3. The van der Waals surface area contributed by atoms with Crippen molar-refractivity contribution in [3.63, 3.8) is 0 Å². The zero-order valence-electron chi connectivity index (χ0n) is 17.2. The minimum Gasteiger partial charge on any atom is -0.370 e. The molecular formula is C21H29N5O2. The lowest BCUT2D eigenvalue weighted by atomic mass is 9.66. The number of anilines is 1. The van der Waals surface area contributed by atoms with Gasteiger partial charge in [-0.1, -0.05) is 13.8 Å². The van der Waals surface area contributed by atoms with Crippen LogP contribution in [0, 0.1) is 12.8 Å². The standard InChI is InChI=1S/C21H29N5O2/c1-5-16(27)23-21-11-20(4,12-21)28-17(21)18-22-19-14(3)8-15(10-26(19)24-18)25-7-6-13(2)9-25/h8,10,13,17H,5-7,9,11-12H2,1-4H3,(H,23,27). The molecule has 3 aliphatic heterocycles. The van der Waals surface area contributed by atoms with E-state index in [1.54, 1.807) is 0 Å². The molecule has 2 aromatic heterocycles. The number of ether oxygens (including phenoxy) is 1. The molecule has 6 rings (SSSR count). The van der Waals surface area contributed by atoms with Gasteiger partial charge in [0.15, 0.2) is 11.5 Å². The summed E-state index contributed by atoms with van der Waals surface area (Å²) in [6, 6.07) is 2.21. The van der Waals surface area contributed by atoms with Crippen LogP contribution in [0.1, 0.15) is 63.9 Å². The maximum Gasteiger partial charge on any atom is 0.220 e. The summed E-state index contributed by atoms with van der Waals surface area (Å²) < 4.78 is 8.20. The summed E-state index contributed by atoms with van der Waals surface area (Å²) in [4.78, 5) is 19.3. The van der Waals surface area contributed by atoms with Gasteiger partial charge < -0.3 is 15.0 Å². The number of amides is 1. The minimum atomic E-state index is -0.367. The van der Waals surface area contributed by atoms with Crippen molar-refractivity contribution >= 4 is 17.2 Å². The monoisotopic (exact) mass is 383 g/mol. The average molecular weight is 383 g/mol. The number of rotatable bonds is 4. The fourth-order valence-corrected chi connectivity index (χ4v) is 5.37. The summed E-state index contributed by atoms with van der Waals surface area (Å²) in [5.74, 6) is 1.46. The zero-order valence-corrected chi connectivity index (χ0v) is 17.2. The number of aryl methyl sites for hydroxylation is 1. The molecule has 2 aromatic rings. The summed E-state index contributed by atoms with van der Waals surface area (Å²) in [6.07, 6.45) is 5.13. The number of pyridine rings is 1. The highest BCUT2D eigenvalue weighted by atomic mass is 16.5. The van der Waals surface area contributed by atoms with Crippen molar-refractivity contribution < 1.29 is 9.53 Å². The van der Waals surface area contributed by atoms with Crippen LogP contribution in [0.15, 0.2) is 12.3 Å². The van der Waals surface area contributed by atoms with Gasteiger partial charge in [-0.2, -0.15) is 0 Å². The van der Waals surface area contributed by atoms with E-state index in [-0.39, 0.29) is 23.2 Å². The molecule has 150 valence electrons. The molecule has 1 aliphatic carbocycles. The Morgan fingerprint density at radius 3 is 2.89 bits per heavy atom. The van der Waals surface area contributed by atoms with Crippen LogP contribution >= 0.6 is 0 Å². The Morgan fingerprint density at radius 2 is 2.21 bits per heavy atom. The van der Waals surface area contributed by atoms with Crippen molar-refractivity contribution in [3.05, 3.63) is 23.7 Å². The van der Waals surface area contributed by atoms with Crippen molar-refractivity contribution in [2.75, 3.05) is 18.0 Å². The number of carbonyl (C=O) groups excluding carboxylic acids is 1. The smallest absolute Gasteiger partial charge is 0.220 e. The van der Waals surface area contributed by atoms with Gasteiger partial charge in [0, 0.05) is 32.4 Å². The molecule has 28 heavy (non-hydrogen) atoms. The lowest BCUT2D eigenvalue weighted by Crippen LogP contribution is -2.59. The van der Waals surface area contributed by atoms with Gasteiger partial charge in [0.05, 0.1) is 23.0 Å². The first kappa shape index (κ1) is 17.9. The summed E-state index contributed by atoms with van der Waals surface area (Å²) in [5, 5.41) is 8.00. The SMILES string of the molecule is CCC(=O)NC12CC(C)(C1)OC2c1nc2c(C)cc(N3CCC(C)C3)cn2n1. The summed E-state index contributed by atoms with van der Waals surface area (Å²) in [5.41, 5.74) is 2.62. The number of fused-ring (bicyclic) bond motifs is 2. The molecule has 2 bridgehead atoms. The fourth-order valence-electron chi connectivity index (χ4n) is 5.37. The lowest BCUT2D eigenvalue weighted by Gasteiger charge is -2.43. The highest BCUT2D eigenvalue weighted by Crippen LogP contribution is 2.60. The van der Waals surface area contributed by atoms with Crippen LogP contribution in [-0.2, 0) is 9.53 Å². The van der Waals surface area contributed by atoms with E-state index < -0.39 is 0 Å². The predicted octanol–water partition coefficient (Wildman–Crippen LogP) is 2.77. The van der Waals surface area contributed by atoms with Gasteiger partial charge in [-0.25, -0.2) is 9.50 Å². The third-order valence-electron chi connectivity index (χ3n) is 6.64. The molecular weight excluding hydrogens is 354 g/mol. The highest BCUT2D eigenvalue weighted by molar-refractivity contribution is 5.77. The lowest BCUT2D eigenvalue weighted by molar-refractivity contribution is -0.123. The number of hydrogen-bond acceptors (Lipinski definition) is 5. The summed E-state index contributed by atoms with van der Waals surface area (Å²) in [6.45, 7) is 10.5. The van der Waals surface area contributed by atoms with E-state index in [1.165, 1.54) is 12.1 Å². The predicted molar refractivity (Wildman–Crippen MR) is 106 cm³/mol. The Bertz CT molecular complexity index is 946. The van der Waals surface area contributed by atoms with E-state index >= 15 is 0 Å². The molecule has 3 saturated heterocycles. The molecule has 0 spiro atoms. The molecule has 4 fully saturated rings. The number of carbonyl (C=O) groups is 1. The largest absolute Gasteiger partial charge is 0.370 e. The van der Waals surface area contributed by atoms with Gasteiger partial charge in [-0.3, -0.25) is 4.79 Å². The Labute approximate surface area is 165 Å². The molecule has 7 heteroatoms. The van der Waals surface area contributed by atoms with Crippen molar-refractivity contribution in [2.24, 2.45) is 5.92 Å². The van der Waals surface area contributed by atoms with Crippen molar-refractivity contribution in [3.8, 4) is 0 Å². The third kappa shape index (κ3) is 2.63. The van der Waals surface area contributed by atoms with Crippen LogP contribution in [0.5, 0.6) is 0 Å². The highest BCUT2D eigenvalue weighted by Gasteiger charge is 2.67. The number of nitrogens with one attached hydrogen (secondary N) is 1. The Morgan fingerprint density at radius 1 is 1.43 bits per heavy atom. The van der Waals surface area contributed by atoms with Crippen LogP contribution in [0.3, 0.4) is 0 Å². The first-order valence-electron chi connectivity index (χ1n) is 10.4. The second kappa shape index (κ2) is 5.92. The first-order chi connectivity index (χ1) is 13.3. The van der Waals surface area contributed by atoms with Crippen LogP contribution in [0.25, 0.3) is 5.65 Å². The van der Waals surface area contributed by atoms with E-state index in [0.717, 1.165) is 43.1 Å². The van der Waals surface area contributed by atoms with E-state index in [0.29, 0.717) is 12.2 Å². The quantitative estimate of drug-likeness (QED) is 0.879. The molecule has 2 unspecified atom stereocenters. The van der Waals surface area contributed by atoms with Gasteiger partial charge in [-0.15, -0.1) is 5.10 Å². The molecule has 1 amide bonds. The number of nitrogens with zero attached hydrogens (tertiary/aromatic N) is 4. The Kier molecular flexibility index (Phi) is 3.79. The second-order valence-corrected chi connectivity index (χ2v) is 9.32. The molecule has 2 atom stereocenters. The Hall–Kier alpha value is -2.15. The third-order valence-corrected chi connectivity index (χ3v) is 6.64. The fraction of sp³-hybridized carbons (Fsp3) is 0.667. The molecule has 7 nitrogen and oxygen atoms in total. The zero-order chi connectivity index (χ0) is 19.7. The molecule has 1 saturated carbocycles. The van der Waals surface area contributed by atoms with Crippen LogP contribution in [0.2, 0.25) is 0 Å². The van der Waals surface area contributed by atoms with E-state index in [4.69, 9.17) is 14.8 Å². The van der Waals surface area contributed by atoms with Gasteiger partial charge in [0.25, 0.3) is 0 Å².